The van der Waals surface area contributed by atoms with Crippen molar-refractivity contribution in [2.45, 2.75) is 33.1 Å². The van der Waals surface area contributed by atoms with Gasteiger partial charge < -0.3 is 14.8 Å². The molecule has 1 N–H and O–H groups in total. The Kier molecular flexibility index (Phi) is 6.18. The third-order valence-corrected chi connectivity index (χ3v) is 2.44. The van der Waals surface area contributed by atoms with Crippen molar-refractivity contribution in [3.63, 3.8) is 0 Å². The molecular formula is C12H23N3O2. The van der Waals surface area contributed by atoms with Crippen molar-refractivity contribution in [3.8, 4) is 0 Å². The van der Waals surface area contributed by atoms with Crippen molar-refractivity contribution in [2.24, 2.45) is 7.05 Å². The Bertz CT molecular complexity index is 308. The van der Waals surface area contributed by atoms with Gasteiger partial charge in [-0.15, -0.1) is 0 Å². The lowest BCUT2D eigenvalue weighted by atomic mass is 10.1. The molecular weight excluding hydrogens is 218 g/mol. The average Bonchev–Trinajstić information content (AvgIpc) is 2.72. The number of aryl methyl sites for hydroxylation is 1. The van der Waals surface area contributed by atoms with Gasteiger partial charge in [-0.25, -0.2) is 0 Å². The Morgan fingerprint density at radius 2 is 1.94 bits per heavy atom. The first-order valence-corrected chi connectivity index (χ1v) is 6.18. The van der Waals surface area contributed by atoms with E-state index in [1.165, 1.54) is 0 Å². The quantitative estimate of drug-likeness (QED) is 0.700. The van der Waals surface area contributed by atoms with Crippen LogP contribution in [0, 0.1) is 0 Å². The minimum atomic E-state index is -0.269. The Morgan fingerprint density at radius 3 is 2.35 bits per heavy atom. The number of ether oxygens (including phenoxy) is 2. The summed E-state index contributed by atoms with van der Waals surface area (Å²) in [5, 5.41) is 7.57. The Balaban J connectivity index is 2.80. The minimum absolute atomic E-state index is 0.0219. The molecule has 1 rings (SSSR count). The molecule has 0 aliphatic rings. The van der Waals surface area contributed by atoms with Crippen LogP contribution >= 0.6 is 0 Å². The van der Waals surface area contributed by atoms with Gasteiger partial charge in [-0.2, -0.15) is 5.10 Å². The van der Waals surface area contributed by atoms with Gasteiger partial charge in [-0.1, -0.05) is 6.92 Å². The van der Waals surface area contributed by atoms with Crippen LogP contribution in [0.5, 0.6) is 0 Å². The zero-order chi connectivity index (χ0) is 12.7. The number of nitrogens with one attached hydrogen (secondary N) is 1. The number of aromatic nitrogens is 2. The van der Waals surface area contributed by atoms with Gasteiger partial charge in [0, 0.05) is 32.0 Å². The van der Waals surface area contributed by atoms with Crippen molar-refractivity contribution in [1.29, 1.82) is 0 Å². The highest BCUT2D eigenvalue weighted by molar-refractivity contribution is 5.11. The average molecular weight is 241 g/mol. The standard InChI is InChI=1S/C12H23N3O2/c1-5-13-11(10-8-14-15(4)9-10)12(16-6-2)17-7-3/h8-9,11-13H,5-7H2,1-4H3. The summed E-state index contributed by atoms with van der Waals surface area (Å²) < 4.78 is 13.1. The van der Waals surface area contributed by atoms with E-state index in [-0.39, 0.29) is 12.3 Å². The predicted octanol–water partition coefficient (Wildman–Crippen LogP) is 1.47. The summed E-state index contributed by atoms with van der Waals surface area (Å²) in [6, 6.07) is 0.0219. The van der Waals surface area contributed by atoms with Gasteiger partial charge in [0.05, 0.1) is 12.2 Å². The SMILES string of the molecule is CCNC(c1cnn(C)c1)C(OCC)OCC. The summed E-state index contributed by atoms with van der Waals surface area (Å²) in [6.07, 6.45) is 3.56. The van der Waals surface area contributed by atoms with Crippen LogP contribution in [0.4, 0.5) is 0 Å². The lowest BCUT2D eigenvalue weighted by Crippen LogP contribution is -2.35. The number of rotatable bonds is 8. The van der Waals surface area contributed by atoms with E-state index in [2.05, 4.69) is 17.3 Å². The first kappa shape index (κ1) is 14.2. The summed E-state index contributed by atoms with van der Waals surface area (Å²) in [7, 11) is 1.91. The Hall–Kier alpha value is -0.910. The lowest BCUT2D eigenvalue weighted by molar-refractivity contribution is -0.155. The van der Waals surface area contributed by atoms with E-state index < -0.39 is 0 Å². The van der Waals surface area contributed by atoms with E-state index in [0.717, 1.165) is 12.1 Å². The molecule has 1 heterocycles. The molecule has 0 fully saturated rings. The number of hydrogen-bond donors (Lipinski definition) is 1. The molecule has 98 valence electrons. The number of likely N-dealkylation sites (N-methyl/N-ethyl adjacent to an activating group) is 1. The molecule has 1 atom stereocenters. The molecule has 0 aromatic carbocycles. The summed E-state index contributed by atoms with van der Waals surface area (Å²) in [4.78, 5) is 0. The van der Waals surface area contributed by atoms with Gasteiger partial charge in [-0.3, -0.25) is 4.68 Å². The first-order valence-electron chi connectivity index (χ1n) is 6.18. The molecule has 0 amide bonds. The van der Waals surface area contributed by atoms with Crippen LogP contribution in [-0.2, 0) is 16.5 Å². The van der Waals surface area contributed by atoms with Gasteiger partial charge in [0.2, 0.25) is 0 Å². The molecule has 0 spiro atoms. The predicted molar refractivity (Wildman–Crippen MR) is 66.7 cm³/mol. The van der Waals surface area contributed by atoms with Gasteiger partial charge in [0.25, 0.3) is 0 Å². The fourth-order valence-electron chi connectivity index (χ4n) is 1.76. The van der Waals surface area contributed by atoms with Gasteiger partial charge in [-0.05, 0) is 20.4 Å². The molecule has 1 unspecified atom stereocenters. The highest BCUT2D eigenvalue weighted by Crippen LogP contribution is 2.19. The van der Waals surface area contributed by atoms with Crippen LogP contribution in [0.2, 0.25) is 0 Å². The summed E-state index contributed by atoms with van der Waals surface area (Å²) in [5.74, 6) is 0. The summed E-state index contributed by atoms with van der Waals surface area (Å²) in [6.45, 7) is 8.13. The molecule has 0 saturated heterocycles. The molecule has 0 saturated carbocycles. The minimum Gasteiger partial charge on any atom is -0.351 e. The third-order valence-electron chi connectivity index (χ3n) is 2.44. The normalized spacial score (nSPS) is 13.2. The highest BCUT2D eigenvalue weighted by Gasteiger charge is 2.24. The second-order valence-corrected chi connectivity index (χ2v) is 3.76. The third kappa shape index (κ3) is 4.11. The lowest BCUT2D eigenvalue weighted by Gasteiger charge is -2.26. The number of nitrogens with zero attached hydrogens (tertiary/aromatic N) is 2. The molecule has 0 aliphatic heterocycles. The molecule has 1 aromatic rings. The fraction of sp³-hybridized carbons (Fsp3) is 0.750. The van der Waals surface area contributed by atoms with Gasteiger partial charge in [0.15, 0.2) is 6.29 Å². The second kappa shape index (κ2) is 7.42. The van der Waals surface area contributed by atoms with Crippen LogP contribution < -0.4 is 5.32 Å². The maximum absolute atomic E-state index is 5.64. The molecule has 5 heteroatoms. The fourth-order valence-corrected chi connectivity index (χ4v) is 1.76. The topological polar surface area (TPSA) is 48.3 Å². The summed E-state index contributed by atoms with van der Waals surface area (Å²) >= 11 is 0. The smallest absolute Gasteiger partial charge is 0.176 e. The van der Waals surface area contributed by atoms with Crippen LogP contribution in [0.3, 0.4) is 0 Å². The first-order chi connectivity index (χ1) is 8.22. The van der Waals surface area contributed by atoms with Crippen molar-refractivity contribution >= 4 is 0 Å². The van der Waals surface area contributed by atoms with Crippen LogP contribution in [-0.4, -0.2) is 35.8 Å². The van der Waals surface area contributed by atoms with E-state index in [1.54, 1.807) is 4.68 Å². The maximum Gasteiger partial charge on any atom is 0.176 e. The molecule has 0 aliphatic carbocycles. The van der Waals surface area contributed by atoms with Crippen molar-refractivity contribution < 1.29 is 9.47 Å². The maximum atomic E-state index is 5.64. The van der Waals surface area contributed by atoms with E-state index >= 15 is 0 Å². The molecule has 0 bridgehead atoms. The van der Waals surface area contributed by atoms with Crippen LogP contribution in [0.15, 0.2) is 12.4 Å². The molecule has 17 heavy (non-hydrogen) atoms. The molecule has 0 radical (unpaired) electrons. The monoisotopic (exact) mass is 241 g/mol. The van der Waals surface area contributed by atoms with E-state index in [0.29, 0.717) is 13.2 Å². The largest absolute Gasteiger partial charge is 0.351 e. The molecule has 1 aromatic heterocycles. The van der Waals surface area contributed by atoms with E-state index in [1.807, 2.05) is 33.3 Å². The zero-order valence-electron chi connectivity index (χ0n) is 11.1. The van der Waals surface area contributed by atoms with E-state index in [4.69, 9.17) is 9.47 Å². The Morgan fingerprint density at radius 1 is 1.29 bits per heavy atom. The van der Waals surface area contributed by atoms with E-state index in [9.17, 15) is 0 Å². The van der Waals surface area contributed by atoms with Crippen LogP contribution in [0.1, 0.15) is 32.4 Å². The highest BCUT2D eigenvalue weighted by atomic mass is 16.7. The van der Waals surface area contributed by atoms with Gasteiger partial charge in [0.1, 0.15) is 0 Å². The summed E-state index contributed by atoms with van der Waals surface area (Å²) in [5.41, 5.74) is 1.08. The van der Waals surface area contributed by atoms with Crippen molar-refractivity contribution in [3.05, 3.63) is 18.0 Å². The Labute approximate surface area is 103 Å². The van der Waals surface area contributed by atoms with Crippen LogP contribution in [0.25, 0.3) is 0 Å². The van der Waals surface area contributed by atoms with Gasteiger partial charge >= 0.3 is 0 Å². The zero-order valence-corrected chi connectivity index (χ0v) is 11.1. The van der Waals surface area contributed by atoms with Crippen molar-refractivity contribution in [2.75, 3.05) is 19.8 Å². The van der Waals surface area contributed by atoms with Crippen molar-refractivity contribution in [1.82, 2.24) is 15.1 Å². The molecule has 5 nitrogen and oxygen atoms in total. The number of hydrogen-bond acceptors (Lipinski definition) is 4. The second-order valence-electron chi connectivity index (χ2n) is 3.76.